The Morgan fingerprint density at radius 1 is 0.206 bits per heavy atom. The monoisotopic (exact) mass is 876 g/mol. The van der Waals surface area contributed by atoms with Crippen LogP contribution in [0.3, 0.4) is 0 Å². The zero-order chi connectivity index (χ0) is 45.0. The summed E-state index contributed by atoms with van der Waals surface area (Å²) in [6.45, 7) is 6.96. The van der Waals surface area contributed by atoms with E-state index < -0.39 is 0 Å². The molecule has 1 aromatic carbocycles. The van der Waals surface area contributed by atoms with Gasteiger partial charge in [0, 0.05) is 0 Å². The average molecular weight is 877 g/mol. The molecule has 0 aromatic heterocycles. The van der Waals surface area contributed by atoms with Crippen LogP contribution in [0.1, 0.15) is 365 Å². The molecule has 0 aliphatic heterocycles. The summed E-state index contributed by atoms with van der Waals surface area (Å²) in [5, 5.41) is 0. The molecule has 1 radical (unpaired) electrons. The lowest BCUT2D eigenvalue weighted by molar-refractivity contribution is 0.525. The second-order valence-corrected chi connectivity index (χ2v) is 21.2. The van der Waals surface area contributed by atoms with Crippen molar-refractivity contribution in [2.24, 2.45) is 0 Å². The highest BCUT2D eigenvalue weighted by Gasteiger charge is 2.10. The Labute approximate surface area is 400 Å². The highest BCUT2D eigenvalue weighted by molar-refractivity contribution is 5.35. The lowest BCUT2D eigenvalue weighted by atomic mass is 9.90. The number of benzene rings is 1. The van der Waals surface area contributed by atoms with Crippen molar-refractivity contribution in [2.45, 2.75) is 367 Å². The number of hydrogen-bond acceptors (Lipinski definition) is 0. The molecule has 0 unspecified atom stereocenters. The van der Waals surface area contributed by atoms with Crippen molar-refractivity contribution in [3.63, 3.8) is 0 Å². The molecule has 0 spiro atoms. The van der Waals surface area contributed by atoms with Gasteiger partial charge >= 0.3 is 0 Å². The van der Waals surface area contributed by atoms with E-state index in [1.54, 1.807) is 16.7 Å². The van der Waals surface area contributed by atoms with Crippen molar-refractivity contribution >= 4 is 0 Å². The van der Waals surface area contributed by atoms with E-state index in [0.717, 1.165) is 0 Å². The molecule has 0 nitrogen and oxygen atoms in total. The van der Waals surface area contributed by atoms with Gasteiger partial charge in [-0.2, -0.15) is 0 Å². The van der Waals surface area contributed by atoms with Crippen molar-refractivity contribution in [2.75, 3.05) is 0 Å². The first-order chi connectivity index (χ1) is 31.3. The van der Waals surface area contributed by atoms with Crippen molar-refractivity contribution < 1.29 is 0 Å². The second-order valence-electron chi connectivity index (χ2n) is 21.2. The summed E-state index contributed by atoms with van der Waals surface area (Å²) in [4.78, 5) is 0. The zero-order valence-electron chi connectivity index (χ0n) is 44.3. The Hall–Kier alpha value is -0.780. The van der Waals surface area contributed by atoms with Gasteiger partial charge in [0.25, 0.3) is 0 Å². The van der Waals surface area contributed by atoms with Gasteiger partial charge in [-0.15, -0.1) is 0 Å². The Bertz CT molecular complexity index is 918. The second kappa shape index (κ2) is 52.2. The third-order valence-corrected chi connectivity index (χ3v) is 14.9. The first kappa shape index (κ1) is 60.2. The summed E-state index contributed by atoms with van der Waals surface area (Å²) in [5.41, 5.74) is 5.08. The van der Waals surface area contributed by atoms with Gasteiger partial charge in [-0.05, 0) is 61.3 Å². The molecule has 0 bridgehead atoms. The first-order valence-corrected chi connectivity index (χ1v) is 30.3. The molecule has 0 fully saturated rings. The Kier molecular flexibility index (Phi) is 49.9. The standard InChI is InChI=1S/C63H119/c1-4-7-10-13-16-19-22-25-28-31-34-37-40-43-46-49-52-56-61-58-55-59-62(57-53-50-47-44-41-38-35-32-29-26-23-20-17-14-11-8-5-2)63(61)60-54-51-48-45-42-39-36-33-30-27-24-21-18-15-12-9-6-3/h58-59H,4-54,56-57,60H2,1-3H3. The van der Waals surface area contributed by atoms with Crippen LogP contribution in [-0.2, 0) is 19.3 Å². The third kappa shape index (κ3) is 43.5. The van der Waals surface area contributed by atoms with Crippen molar-refractivity contribution in [1.82, 2.24) is 0 Å². The minimum absolute atomic E-state index is 1.29. The maximum atomic E-state index is 3.64. The van der Waals surface area contributed by atoms with Crippen LogP contribution in [0.25, 0.3) is 0 Å². The van der Waals surface area contributed by atoms with Crippen molar-refractivity contribution in [3.8, 4) is 0 Å². The molecule has 0 N–H and O–H groups in total. The highest BCUT2D eigenvalue weighted by Crippen LogP contribution is 2.24. The summed E-state index contributed by atoms with van der Waals surface area (Å²) in [6, 6.07) is 8.43. The fourth-order valence-electron chi connectivity index (χ4n) is 10.5. The summed E-state index contributed by atoms with van der Waals surface area (Å²) in [5.74, 6) is 0. The lowest BCUT2D eigenvalue weighted by Gasteiger charge is -2.15. The fourth-order valence-corrected chi connectivity index (χ4v) is 10.5. The van der Waals surface area contributed by atoms with E-state index in [-0.39, 0.29) is 0 Å². The largest absolute Gasteiger partial charge is 0.0654 e. The van der Waals surface area contributed by atoms with Crippen LogP contribution in [0.15, 0.2) is 12.1 Å². The van der Waals surface area contributed by atoms with Gasteiger partial charge in [0.05, 0.1) is 0 Å². The van der Waals surface area contributed by atoms with E-state index in [1.807, 2.05) is 0 Å². The number of rotatable bonds is 54. The summed E-state index contributed by atoms with van der Waals surface area (Å²) in [6.07, 6.45) is 78.0. The maximum Gasteiger partial charge on any atom is -0.0178 e. The van der Waals surface area contributed by atoms with Crippen LogP contribution < -0.4 is 0 Å². The minimum Gasteiger partial charge on any atom is -0.0654 e. The molecule has 0 saturated heterocycles. The summed E-state index contributed by atoms with van der Waals surface area (Å²) >= 11 is 0. The topological polar surface area (TPSA) is 0 Å². The third-order valence-electron chi connectivity index (χ3n) is 14.9. The summed E-state index contributed by atoms with van der Waals surface area (Å²) < 4.78 is 0. The van der Waals surface area contributed by atoms with Gasteiger partial charge in [0.15, 0.2) is 0 Å². The lowest BCUT2D eigenvalue weighted by Crippen LogP contribution is -2.02. The molecule has 0 amide bonds. The molecule has 0 heteroatoms. The van der Waals surface area contributed by atoms with E-state index in [2.05, 4.69) is 39.0 Å². The Balaban J connectivity index is 2.29. The number of hydrogen-bond donors (Lipinski definition) is 0. The van der Waals surface area contributed by atoms with Gasteiger partial charge in [0.2, 0.25) is 0 Å². The molecule has 63 heavy (non-hydrogen) atoms. The Morgan fingerprint density at radius 2 is 0.365 bits per heavy atom. The predicted octanol–water partition coefficient (Wildman–Crippen LogP) is 23.1. The van der Waals surface area contributed by atoms with Gasteiger partial charge < -0.3 is 0 Å². The quantitative estimate of drug-likeness (QED) is 0.0572. The van der Waals surface area contributed by atoms with Crippen LogP contribution in [-0.4, -0.2) is 0 Å². The molecule has 1 aromatic rings. The van der Waals surface area contributed by atoms with Gasteiger partial charge in [-0.25, -0.2) is 0 Å². The van der Waals surface area contributed by atoms with Crippen molar-refractivity contribution in [1.29, 1.82) is 0 Å². The molecule has 0 atom stereocenters. The van der Waals surface area contributed by atoms with E-state index in [1.165, 1.54) is 347 Å². The minimum atomic E-state index is 1.29. The molecule has 0 heterocycles. The molecule has 0 saturated carbocycles. The first-order valence-electron chi connectivity index (χ1n) is 30.3. The van der Waals surface area contributed by atoms with Crippen LogP contribution in [0.5, 0.6) is 0 Å². The normalized spacial score (nSPS) is 11.7. The average Bonchev–Trinajstić information content (AvgIpc) is 3.30. The van der Waals surface area contributed by atoms with Crippen molar-refractivity contribution in [3.05, 3.63) is 34.9 Å². The van der Waals surface area contributed by atoms with E-state index in [4.69, 9.17) is 0 Å². The van der Waals surface area contributed by atoms with Gasteiger partial charge in [0.1, 0.15) is 0 Å². The summed E-state index contributed by atoms with van der Waals surface area (Å²) in [7, 11) is 0. The molecule has 371 valence electrons. The van der Waals surface area contributed by atoms with Crippen LogP contribution in [0, 0.1) is 6.07 Å². The SMILES string of the molecule is CCCCCCCCCCCCCCCCCCCc1c[c]cc(CCCCCCCCCCCCCCCCCCC)c1CCCCCCCCCCCCCCCCCCC. The van der Waals surface area contributed by atoms with Gasteiger partial charge in [-0.1, -0.05) is 341 Å². The molecule has 0 aliphatic rings. The molecule has 1 rings (SSSR count). The fraction of sp³-hybridized carbons (Fsp3) is 0.905. The number of unbranched alkanes of at least 4 members (excludes halogenated alkanes) is 48. The van der Waals surface area contributed by atoms with Crippen LogP contribution in [0.2, 0.25) is 0 Å². The zero-order valence-corrected chi connectivity index (χ0v) is 44.3. The molecular formula is C63H119. The number of aryl methyl sites for hydroxylation is 2. The smallest absolute Gasteiger partial charge is 0.0178 e. The van der Waals surface area contributed by atoms with Crippen LogP contribution in [0.4, 0.5) is 0 Å². The Morgan fingerprint density at radius 3 is 0.556 bits per heavy atom. The highest BCUT2D eigenvalue weighted by atomic mass is 14.1. The molecule has 0 aliphatic carbocycles. The predicted molar refractivity (Wildman–Crippen MR) is 289 cm³/mol. The van der Waals surface area contributed by atoms with Crippen LogP contribution >= 0.6 is 0 Å². The van der Waals surface area contributed by atoms with Gasteiger partial charge in [-0.3, -0.25) is 0 Å². The van der Waals surface area contributed by atoms with E-state index >= 15 is 0 Å². The molecular weight excluding hydrogens is 757 g/mol. The van der Waals surface area contributed by atoms with E-state index in [9.17, 15) is 0 Å². The maximum absolute atomic E-state index is 3.64. The van der Waals surface area contributed by atoms with E-state index in [0.29, 0.717) is 0 Å².